The molecule has 0 amide bonds. The number of thiazole rings is 1. The van der Waals surface area contributed by atoms with Gasteiger partial charge in [-0.15, -0.1) is 11.3 Å². The van der Waals surface area contributed by atoms with Crippen LogP contribution in [0.4, 0.5) is 5.69 Å². The Morgan fingerprint density at radius 2 is 1.90 bits per heavy atom. The number of hydrogen-bond donors (Lipinski definition) is 1. The molecule has 0 fully saturated rings. The summed E-state index contributed by atoms with van der Waals surface area (Å²) >= 11 is 1.80. The Labute approximate surface area is 132 Å². The number of aryl methyl sites for hydroxylation is 1. The van der Waals surface area contributed by atoms with Gasteiger partial charge in [0.05, 0.1) is 5.69 Å². The molecule has 0 radical (unpaired) electrons. The van der Waals surface area contributed by atoms with E-state index in [9.17, 15) is 0 Å². The molecule has 1 heterocycles. The predicted molar refractivity (Wildman–Crippen MR) is 93.2 cm³/mol. The Bertz CT molecular complexity index is 558. The van der Waals surface area contributed by atoms with E-state index in [2.05, 4.69) is 62.4 Å². The molecule has 0 aliphatic heterocycles. The van der Waals surface area contributed by atoms with Gasteiger partial charge >= 0.3 is 0 Å². The van der Waals surface area contributed by atoms with Gasteiger partial charge in [0, 0.05) is 36.8 Å². The Morgan fingerprint density at radius 1 is 1.19 bits per heavy atom. The van der Waals surface area contributed by atoms with Gasteiger partial charge < -0.3 is 10.2 Å². The lowest BCUT2D eigenvalue weighted by Crippen LogP contribution is -2.14. The number of nitrogens with zero attached hydrogens (tertiary/aromatic N) is 2. The molecule has 0 bridgehead atoms. The van der Waals surface area contributed by atoms with Crippen molar-refractivity contribution in [1.29, 1.82) is 0 Å². The number of anilines is 1. The highest BCUT2D eigenvalue weighted by molar-refractivity contribution is 7.15. The molecule has 21 heavy (non-hydrogen) atoms. The second-order valence-electron chi connectivity index (χ2n) is 5.50. The standard InChI is InChI=1S/C17H25N3S/c1-5-6-11-18-12-16-13(2)19-17(21-16)14-7-9-15(10-8-14)20(3)4/h7-10,18H,5-6,11-12H2,1-4H3. The van der Waals surface area contributed by atoms with E-state index in [-0.39, 0.29) is 0 Å². The summed E-state index contributed by atoms with van der Waals surface area (Å²) in [6.07, 6.45) is 2.47. The number of nitrogens with one attached hydrogen (secondary N) is 1. The van der Waals surface area contributed by atoms with Crippen LogP contribution in [0.5, 0.6) is 0 Å². The molecular formula is C17H25N3S. The van der Waals surface area contributed by atoms with Gasteiger partial charge in [-0.3, -0.25) is 0 Å². The van der Waals surface area contributed by atoms with Crippen LogP contribution in [-0.4, -0.2) is 25.6 Å². The molecule has 114 valence electrons. The third-order valence-electron chi connectivity index (χ3n) is 3.52. The summed E-state index contributed by atoms with van der Waals surface area (Å²) in [4.78, 5) is 8.18. The fraction of sp³-hybridized carbons (Fsp3) is 0.471. The van der Waals surface area contributed by atoms with Crippen LogP contribution in [0, 0.1) is 6.92 Å². The van der Waals surface area contributed by atoms with E-state index in [1.165, 1.54) is 29.0 Å². The first kappa shape index (κ1) is 16.0. The van der Waals surface area contributed by atoms with Crippen LogP contribution < -0.4 is 10.2 Å². The molecule has 4 heteroatoms. The fourth-order valence-electron chi connectivity index (χ4n) is 2.12. The van der Waals surface area contributed by atoms with Gasteiger partial charge in [0.1, 0.15) is 5.01 Å². The molecule has 3 nitrogen and oxygen atoms in total. The van der Waals surface area contributed by atoms with Crippen molar-refractivity contribution < 1.29 is 0 Å². The minimum atomic E-state index is 0.930. The van der Waals surface area contributed by atoms with Crippen molar-refractivity contribution >= 4 is 17.0 Å². The van der Waals surface area contributed by atoms with Gasteiger partial charge in [0.15, 0.2) is 0 Å². The normalized spacial score (nSPS) is 10.9. The van der Waals surface area contributed by atoms with Crippen molar-refractivity contribution in [2.75, 3.05) is 25.5 Å². The average Bonchev–Trinajstić information content (AvgIpc) is 2.85. The van der Waals surface area contributed by atoms with E-state index in [1.54, 1.807) is 11.3 Å². The van der Waals surface area contributed by atoms with E-state index < -0.39 is 0 Å². The number of aromatic nitrogens is 1. The van der Waals surface area contributed by atoms with Crippen molar-refractivity contribution in [3.05, 3.63) is 34.8 Å². The summed E-state index contributed by atoms with van der Waals surface area (Å²) in [5, 5.41) is 4.61. The zero-order valence-electron chi connectivity index (χ0n) is 13.4. The molecule has 2 rings (SSSR count). The second kappa shape index (κ2) is 7.57. The van der Waals surface area contributed by atoms with Crippen molar-refractivity contribution in [1.82, 2.24) is 10.3 Å². The van der Waals surface area contributed by atoms with Crippen LogP contribution in [0.15, 0.2) is 24.3 Å². The van der Waals surface area contributed by atoms with Crippen molar-refractivity contribution in [3.8, 4) is 10.6 Å². The maximum absolute atomic E-state index is 4.72. The topological polar surface area (TPSA) is 28.2 Å². The zero-order valence-corrected chi connectivity index (χ0v) is 14.3. The quantitative estimate of drug-likeness (QED) is 0.781. The molecule has 0 aliphatic carbocycles. The van der Waals surface area contributed by atoms with Crippen LogP contribution in [0.2, 0.25) is 0 Å². The minimum Gasteiger partial charge on any atom is -0.378 e. The SMILES string of the molecule is CCCCNCc1sc(-c2ccc(N(C)C)cc2)nc1C. The summed E-state index contributed by atoms with van der Waals surface area (Å²) in [6.45, 7) is 6.33. The van der Waals surface area contributed by atoms with Gasteiger partial charge in [0.25, 0.3) is 0 Å². The highest BCUT2D eigenvalue weighted by atomic mass is 32.1. The maximum atomic E-state index is 4.72. The zero-order chi connectivity index (χ0) is 15.2. The Hall–Kier alpha value is -1.39. The lowest BCUT2D eigenvalue weighted by atomic mass is 10.2. The molecule has 0 aliphatic rings. The number of rotatable bonds is 7. The van der Waals surface area contributed by atoms with Crippen LogP contribution >= 0.6 is 11.3 Å². The van der Waals surface area contributed by atoms with Crippen LogP contribution in [-0.2, 0) is 6.54 Å². The first-order valence-electron chi connectivity index (χ1n) is 7.56. The van der Waals surface area contributed by atoms with E-state index in [0.29, 0.717) is 0 Å². The largest absolute Gasteiger partial charge is 0.378 e. The van der Waals surface area contributed by atoms with Gasteiger partial charge in [-0.25, -0.2) is 4.98 Å². The van der Waals surface area contributed by atoms with Crippen molar-refractivity contribution in [3.63, 3.8) is 0 Å². The number of unbranched alkanes of at least 4 members (excludes halogenated alkanes) is 1. The summed E-state index contributed by atoms with van der Waals surface area (Å²) in [6, 6.07) is 8.60. The summed E-state index contributed by atoms with van der Waals surface area (Å²) in [7, 11) is 4.12. The molecule has 0 saturated carbocycles. The molecule has 0 unspecified atom stereocenters. The molecule has 1 N–H and O–H groups in total. The first-order valence-corrected chi connectivity index (χ1v) is 8.38. The van der Waals surface area contributed by atoms with E-state index in [1.807, 2.05) is 0 Å². The number of hydrogen-bond acceptors (Lipinski definition) is 4. The Morgan fingerprint density at radius 3 is 2.52 bits per heavy atom. The van der Waals surface area contributed by atoms with E-state index >= 15 is 0 Å². The molecule has 0 spiro atoms. The molecule has 2 aromatic rings. The molecule has 1 aromatic heterocycles. The number of benzene rings is 1. The summed E-state index contributed by atoms with van der Waals surface area (Å²) in [5.74, 6) is 0. The van der Waals surface area contributed by atoms with Crippen LogP contribution in [0.1, 0.15) is 30.3 Å². The first-order chi connectivity index (χ1) is 10.1. The second-order valence-corrected chi connectivity index (χ2v) is 6.58. The molecule has 1 aromatic carbocycles. The average molecular weight is 303 g/mol. The summed E-state index contributed by atoms with van der Waals surface area (Å²) in [5.41, 5.74) is 3.57. The smallest absolute Gasteiger partial charge is 0.123 e. The summed E-state index contributed by atoms with van der Waals surface area (Å²) < 4.78 is 0. The Balaban J connectivity index is 2.06. The highest BCUT2D eigenvalue weighted by Gasteiger charge is 2.09. The monoisotopic (exact) mass is 303 g/mol. The predicted octanol–water partition coefficient (Wildman–Crippen LogP) is 4.07. The third-order valence-corrected chi connectivity index (χ3v) is 4.72. The fourth-order valence-corrected chi connectivity index (χ4v) is 3.16. The van der Waals surface area contributed by atoms with Crippen LogP contribution in [0.25, 0.3) is 10.6 Å². The maximum Gasteiger partial charge on any atom is 0.123 e. The van der Waals surface area contributed by atoms with E-state index in [0.717, 1.165) is 23.8 Å². The van der Waals surface area contributed by atoms with Crippen molar-refractivity contribution in [2.24, 2.45) is 0 Å². The highest BCUT2D eigenvalue weighted by Crippen LogP contribution is 2.29. The molecule has 0 atom stereocenters. The molecular weight excluding hydrogens is 278 g/mol. The molecule has 0 saturated heterocycles. The van der Waals surface area contributed by atoms with E-state index in [4.69, 9.17) is 4.98 Å². The minimum absolute atomic E-state index is 0.930. The van der Waals surface area contributed by atoms with Gasteiger partial charge in [-0.05, 0) is 44.2 Å². The van der Waals surface area contributed by atoms with Gasteiger partial charge in [-0.1, -0.05) is 13.3 Å². The van der Waals surface area contributed by atoms with Crippen molar-refractivity contribution in [2.45, 2.75) is 33.2 Å². The third kappa shape index (κ3) is 4.29. The lowest BCUT2D eigenvalue weighted by Gasteiger charge is -2.11. The van der Waals surface area contributed by atoms with Crippen LogP contribution in [0.3, 0.4) is 0 Å². The Kier molecular flexibility index (Phi) is 5.76. The van der Waals surface area contributed by atoms with Gasteiger partial charge in [0.2, 0.25) is 0 Å². The van der Waals surface area contributed by atoms with Gasteiger partial charge in [-0.2, -0.15) is 0 Å². The lowest BCUT2D eigenvalue weighted by molar-refractivity contribution is 0.644.